The average Bonchev–Trinajstić information content (AvgIpc) is 1.85. The largest absolute Gasteiger partial charge is 0.437 e. The molecule has 1 fully saturated rings. The molecule has 0 aromatic heterocycles. The molecule has 0 aromatic rings. The Morgan fingerprint density at radius 1 is 1.73 bits per heavy atom. The topological polar surface area (TPSA) is 47.6 Å². The predicted molar refractivity (Wildman–Crippen MR) is 39.0 cm³/mol. The molecule has 1 N–H and O–H groups in total. The van der Waals surface area contributed by atoms with Gasteiger partial charge in [-0.1, -0.05) is 0 Å². The molecule has 64 valence electrons. The number of nitrogens with one attached hydrogen (secondary N) is 1. The van der Waals surface area contributed by atoms with Crippen molar-refractivity contribution in [3.05, 3.63) is 0 Å². The predicted octanol–water partition coefficient (Wildman–Crippen LogP) is -0.116. The second-order valence-electron chi connectivity index (χ2n) is 3.17. The number of carbonyl (C=O) groups excluding carboxylic acids is 1. The zero-order valence-corrected chi connectivity index (χ0v) is 6.79. The lowest BCUT2D eigenvalue weighted by Gasteiger charge is -2.35. The molecule has 1 atom stereocenters. The molecule has 4 nitrogen and oxygen atoms in total. The van der Waals surface area contributed by atoms with Gasteiger partial charge < -0.3 is 14.8 Å². The molecule has 0 saturated carbocycles. The smallest absolute Gasteiger partial charge is 0.295 e. The van der Waals surface area contributed by atoms with Crippen LogP contribution in [-0.4, -0.2) is 31.5 Å². The molecule has 0 spiro atoms. The van der Waals surface area contributed by atoms with Crippen LogP contribution in [0.15, 0.2) is 0 Å². The van der Waals surface area contributed by atoms with E-state index in [0.717, 1.165) is 6.54 Å². The second-order valence-corrected chi connectivity index (χ2v) is 3.17. The number of hydrogen-bond donors (Lipinski definition) is 1. The Hall–Kier alpha value is -0.610. The molecule has 0 unspecified atom stereocenters. The summed E-state index contributed by atoms with van der Waals surface area (Å²) in [7, 11) is 0. The highest BCUT2D eigenvalue weighted by Gasteiger charge is 2.28. The minimum Gasteiger partial charge on any atom is -0.437 e. The molecular formula is C7H13NO3. The van der Waals surface area contributed by atoms with Crippen molar-refractivity contribution in [1.29, 1.82) is 0 Å². The fourth-order valence-electron chi connectivity index (χ4n) is 1.07. The van der Waals surface area contributed by atoms with E-state index < -0.39 is 6.29 Å². The summed E-state index contributed by atoms with van der Waals surface area (Å²) in [4.78, 5) is 9.95. The van der Waals surface area contributed by atoms with Gasteiger partial charge >= 0.3 is 0 Å². The van der Waals surface area contributed by atoms with Crippen molar-refractivity contribution in [3.63, 3.8) is 0 Å². The molecule has 1 aliphatic rings. The van der Waals surface area contributed by atoms with Crippen LogP contribution < -0.4 is 5.32 Å². The van der Waals surface area contributed by atoms with Crippen molar-refractivity contribution in [3.8, 4) is 0 Å². The van der Waals surface area contributed by atoms with E-state index in [-0.39, 0.29) is 5.60 Å². The summed E-state index contributed by atoms with van der Waals surface area (Å²) in [5.41, 5.74) is -0.244. The van der Waals surface area contributed by atoms with Crippen LogP contribution in [0, 0.1) is 0 Å². The molecule has 0 radical (unpaired) electrons. The van der Waals surface area contributed by atoms with Gasteiger partial charge in [0.2, 0.25) is 6.29 Å². The molecule has 11 heavy (non-hydrogen) atoms. The molecule has 0 aliphatic carbocycles. The molecule has 1 rings (SSSR count). The van der Waals surface area contributed by atoms with Crippen molar-refractivity contribution in [2.45, 2.75) is 25.7 Å². The number of rotatable bonds is 2. The van der Waals surface area contributed by atoms with Crippen molar-refractivity contribution in [2.75, 3.05) is 13.1 Å². The van der Waals surface area contributed by atoms with Crippen molar-refractivity contribution >= 4 is 6.47 Å². The molecule has 0 aromatic carbocycles. The first kappa shape index (κ1) is 8.49. The summed E-state index contributed by atoms with van der Waals surface area (Å²) >= 11 is 0. The third-order valence-corrected chi connectivity index (χ3v) is 1.52. The quantitative estimate of drug-likeness (QED) is 0.571. The fourth-order valence-corrected chi connectivity index (χ4v) is 1.07. The Morgan fingerprint density at radius 2 is 2.45 bits per heavy atom. The first-order valence-electron chi connectivity index (χ1n) is 3.62. The molecule has 1 heterocycles. The number of carbonyl (C=O) groups is 1. The molecule has 1 saturated heterocycles. The van der Waals surface area contributed by atoms with Gasteiger partial charge in [-0.25, -0.2) is 0 Å². The van der Waals surface area contributed by atoms with E-state index in [0.29, 0.717) is 13.0 Å². The van der Waals surface area contributed by atoms with E-state index in [1.165, 1.54) is 0 Å². The van der Waals surface area contributed by atoms with Gasteiger partial charge in [0.25, 0.3) is 6.47 Å². The SMILES string of the molecule is CC1(C)CNC[C@H](OC=O)O1. The summed E-state index contributed by atoms with van der Waals surface area (Å²) in [6.45, 7) is 5.66. The normalized spacial score (nSPS) is 29.5. The van der Waals surface area contributed by atoms with E-state index in [4.69, 9.17) is 4.74 Å². The van der Waals surface area contributed by atoms with Crippen LogP contribution in [0.2, 0.25) is 0 Å². The van der Waals surface area contributed by atoms with Gasteiger partial charge in [-0.2, -0.15) is 0 Å². The molecule has 4 heteroatoms. The van der Waals surface area contributed by atoms with Crippen LogP contribution in [0.4, 0.5) is 0 Å². The van der Waals surface area contributed by atoms with Gasteiger partial charge in [-0.3, -0.25) is 4.79 Å². The van der Waals surface area contributed by atoms with Crippen LogP contribution in [0.1, 0.15) is 13.8 Å². The average molecular weight is 159 g/mol. The first-order valence-corrected chi connectivity index (χ1v) is 3.62. The fraction of sp³-hybridized carbons (Fsp3) is 0.857. The maximum absolute atomic E-state index is 9.95. The third-order valence-electron chi connectivity index (χ3n) is 1.52. The van der Waals surface area contributed by atoms with Gasteiger partial charge in [0, 0.05) is 6.54 Å². The van der Waals surface area contributed by atoms with Crippen LogP contribution in [0.3, 0.4) is 0 Å². The maximum atomic E-state index is 9.95. The summed E-state index contributed by atoms with van der Waals surface area (Å²) in [5, 5.41) is 3.10. The van der Waals surface area contributed by atoms with Gasteiger partial charge in [0.05, 0.1) is 12.1 Å². The maximum Gasteiger partial charge on any atom is 0.295 e. The highest BCUT2D eigenvalue weighted by molar-refractivity contribution is 5.37. The number of morpholine rings is 1. The van der Waals surface area contributed by atoms with Crippen LogP contribution in [0.5, 0.6) is 0 Å². The minimum absolute atomic E-state index is 0.244. The van der Waals surface area contributed by atoms with Crippen molar-refractivity contribution < 1.29 is 14.3 Å². The summed E-state index contributed by atoms with van der Waals surface area (Å²) in [5.74, 6) is 0. The summed E-state index contributed by atoms with van der Waals surface area (Å²) in [6.07, 6.45) is -0.434. The Kier molecular flexibility index (Phi) is 2.46. The van der Waals surface area contributed by atoms with Gasteiger partial charge in [0.1, 0.15) is 0 Å². The standard InChI is InChI=1S/C7H13NO3/c1-7(2)4-8-3-6(11-7)10-5-9/h5-6,8H,3-4H2,1-2H3/t6-/m1/s1. The van der Waals surface area contributed by atoms with Gasteiger partial charge in [0.15, 0.2) is 0 Å². The second kappa shape index (κ2) is 3.19. The monoisotopic (exact) mass is 159 g/mol. The lowest BCUT2D eigenvalue weighted by molar-refractivity contribution is -0.206. The van der Waals surface area contributed by atoms with Gasteiger partial charge in [-0.15, -0.1) is 0 Å². The minimum atomic E-state index is -0.434. The van der Waals surface area contributed by atoms with E-state index in [1.807, 2.05) is 13.8 Å². The van der Waals surface area contributed by atoms with Crippen LogP contribution in [0.25, 0.3) is 0 Å². The van der Waals surface area contributed by atoms with Crippen molar-refractivity contribution in [2.24, 2.45) is 0 Å². The Labute approximate surface area is 65.9 Å². The van der Waals surface area contributed by atoms with E-state index in [2.05, 4.69) is 10.1 Å². The molecule has 0 amide bonds. The number of hydrogen-bond acceptors (Lipinski definition) is 4. The Bertz CT molecular complexity index is 147. The highest BCUT2D eigenvalue weighted by Crippen LogP contribution is 2.14. The number of ether oxygens (including phenoxy) is 2. The lowest BCUT2D eigenvalue weighted by Crippen LogP contribution is -2.51. The van der Waals surface area contributed by atoms with E-state index >= 15 is 0 Å². The Balaban J connectivity index is 2.39. The summed E-state index contributed by atoms with van der Waals surface area (Å²) in [6, 6.07) is 0. The van der Waals surface area contributed by atoms with Crippen LogP contribution >= 0.6 is 0 Å². The van der Waals surface area contributed by atoms with E-state index in [1.54, 1.807) is 0 Å². The molecule has 0 bridgehead atoms. The Morgan fingerprint density at radius 3 is 3.00 bits per heavy atom. The third kappa shape index (κ3) is 2.48. The molecule has 1 aliphatic heterocycles. The molecular weight excluding hydrogens is 146 g/mol. The summed E-state index contributed by atoms with van der Waals surface area (Å²) < 4.78 is 10.1. The van der Waals surface area contributed by atoms with Crippen molar-refractivity contribution in [1.82, 2.24) is 5.32 Å². The first-order chi connectivity index (χ1) is 5.14. The van der Waals surface area contributed by atoms with E-state index in [9.17, 15) is 4.79 Å². The zero-order valence-electron chi connectivity index (χ0n) is 6.79. The van der Waals surface area contributed by atoms with Gasteiger partial charge in [-0.05, 0) is 13.8 Å². The highest BCUT2D eigenvalue weighted by atomic mass is 16.7. The lowest BCUT2D eigenvalue weighted by atomic mass is 10.1. The zero-order chi connectivity index (χ0) is 8.32. The van der Waals surface area contributed by atoms with Crippen LogP contribution in [-0.2, 0) is 14.3 Å².